The Kier molecular flexibility index (Phi) is 6.14. The highest BCUT2D eigenvalue weighted by atomic mass is 32.2. The van der Waals surface area contributed by atoms with Gasteiger partial charge in [-0.05, 0) is 43.5 Å². The van der Waals surface area contributed by atoms with Crippen molar-refractivity contribution >= 4 is 28.4 Å². The molecule has 0 saturated heterocycles. The lowest BCUT2D eigenvalue weighted by atomic mass is 9.88. The number of phenols is 1. The zero-order valence-electron chi connectivity index (χ0n) is 16.2. The second-order valence-corrected chi connectivity index (χ2v) is 7.83. The van der Waals surface area contributed by atoms with Crippen molar-refractivity contribution in [2.75, 3.05) is 17.3 Å². The van der Waals surface area contributed by atoms with Crippen LogP contribution in [0.25, 0.3) is 10.9 Å². The molecule has 0 radical (unpaired) electrons. The predicted octanol–water partition coefficient (Wildman–Crippen LogP) is 5.20. The fourth-order valence-electron chi connectivity index (χ4n) is 3.29. The van der Waals surface area contributed by atoms with Gasteiger partial charge in [0.25, 0.3) is 0 Å². The summed E-state index contributed by atoms with van der Waals surface area (Å²) in [6.45, 7) is 1.79. The van der Waals surface area contributed by atoms with Gasteiger partial charge in [0, 0.05) is 34.2 Å². The Morgan fingerprint density at radius 3 is 2.50 bits per heavy atom. The summed E-state index contributed by atoms with van der Waals surface area (Å²) in [4.78, 5) is 4.36. The molecule has 0 saturated carbocycles. The number of aryl methyl sites for hydroxylation is 1. The number of pyridine rings is 1. The van der Waals surface area contributed by atoms with E-state index < -0.39 is 40.7 Å². The van der Waals surface area contributed by atoms with Gasteiger partial charge in [-0.1, -0.05) is 12.1 Å². The largest absolute Gasteiger partial charge is 0.508 e. The van der Waals surface area contributed by atoms with E-state index in [0.29, 0.717) is 17.0 Å². The molecule has 2 unspecified atom stereocenters. The Labute approximate surface area is 175 Å². The number of aromatic nitrogens is 1. The average molecular weight is 440 g/mol. The van der Waals surface area contributed by atoms with E-state index in [1.807, 2.05) is 0 Å². The lowest BCUT2D eigenvalue weighted by Crippen LogP contribution is -2.54. The topological polar surface area (TPSA) is 65.4 Å². The summed E-state index contributed by atoms with van der Waals surface area (Å²) in [5, 5.41) is 23.5. The monoisotopic (exact) mass is 440 g/mol. The van der Waals surface area contributed by atoms with Crippen LogP contribution in [0.4, 0.5) is 23.2 Å². The van der Waals surface area contributed by atoms with Crippen molar-refractivity contribution < 1.29 is 27.8 Å². The number of anilines is 1. The van der Waals surface area contributed by atoms with Gasteiger partial charge < -0.3 is 15.5 Å². The van der Waals surface area contributed by atoms with Gasteiger partial charge in [-0.3, -0.25) is 4.98 Å². The molecule has 9 heteroatoms. The molecular formula is C21H20F4N2O2S. The Bertz CT molecular complexity index is 1060. The van der Waals surface area contributed by atoms with Crippen molar-refractivity contribution in [3.63, 3.8) is 0 Å². The number of thioether (sulfide) groups is 1. The predicted molar refractivity (Wildman–Crippen MR) is 110 cm³/mol. The molecule has 0 bridgehead atoms. The second kappa shape index (κ2) is 8.31. The third-order valence-electron chi connectivity index (χ3n) is 4.80. The highest BCUT2D eigenvalue weighted by Gasteiger charge is 2.59. The van der Waals surface area contributed by atoms with E-state index in [0.717, 1.165) is 29.6 Å². The molecule has 2 aromatic carbocycles. The van der Waals surface area contributed by atoms with E-state index in [9.17, 15) is 27.8 Å². The van der Waals surface area contributed by atoms with Crippen LogP contribution in [0.15, 0.2) is 48.5 Å². The first-order valence-electron chi connectivity index (χ1n) is 8.96. The van der Waals surface area contributed by atoms with Crippen LogP contribution in [0.2, 0.25) is 0 Å². The lowest BCUT2D eigenvalue weighted by Gasteiger charge is -2.38. The summed E-state index contributed by atoms with van der Waals surface area (Å²) in [7, 11) is 0. The Hall–Kier alpha value is -2.52. The Balaban J connectivity index is 2.20. The van der Waals surface area contributed by atoms with Crippen molar-refractivity contribution in [2.45, 2.75) is 24.7 Å². The van der Waals surface area contributed by atoms with Gasteiger partial charge >= 0.3 is 6.18 Å². The first kappa shape index (κ1) is 22.2. The highest BCUT2D eigenvalue weighted by Crippen LogP contribution is 2.45. The Morgan fingerprint density at radius 2 is 1.87 bits per heavy atom. The first-order valence-corrected chi connectivity index (χ1v) is 10.4. The molecule has 0 fully saturated rings. The zero-order valence-corrected chi connectivity index (χ0v) is 17.0. The summed E-state index contributed by atoms with van der Waals surface area (Å²) in [5.74, 6) is -2.22. The molecule has 0 aliphatic carbocycles. The molecule has 3 rings (SSSR count). The van der Waals surface area contributed by atoms with Gasteiger partial charge in [0.2, 0.25) is 0 Å². The number of hydrogen-bond donors (Lipinski definition) is 3. The maximum Gasteiger partial charge on any atom is 0.420 e. The number of nitrogens with zero attached hydrogens (tertiary/aromatic N) is 1. The van der Waals surface area contributed by atoms with Gasteiger partial charge in [0.15, 0.2) is 5.60 Å². The molecule has 2 atom stereocenters. The quantitative estimate of drug-likeness (QED) is 0.460. The summed E-state index contributed by atoms with van der Waals surface area (Å²) < 4.78 is 56.7. The van der Waals surface area contributed by atoms with Crippen LogP contribution >= 0.6 is 11.8 Å². The van der Waals surface area contributed by atoms with Crippen molar-refractivity contribution in [1.82, 2.24) is 4.98 Å². The number of halogens is 4. The van der Waals surface area contributed by atoms with E-state index >= 15 is 0 Å². The maximum atomic E-state index is 14.6. The third kappa shape index (κ3) is 4.17. The Morgan fingerprint density at radius 1 is 1.13 bits per heavy atom. The summed E-state index contributed by atoms with van der Waals surface area (Å²) in [6.07, 6.45) is -3.64. The van der Waals surface area contributed by atoms with Crippen LogP contribution in [0, 0.1) is 12.7 Å². The average Bonchev–Trinajstić information content (AvgIpc) is 2.65. The molecule has 30 heavy (non-hydrogen) atoms. The van der Waals surface area contributed by atoms with Crippen molar-refractivity contribution in [2.24, 2.45) is 0 Å². The van der Waals surface area contributed by atoms with E-state index in [-0.39, 0.29) is 5.69 Å². The van der Waals surface area contributed by atoms with E-state index in [1.54, 1.807) is 37.3 Å². The SMILES string of the molecule is CSCC(O)(C(Nc1cccc2nc(C)ccc12)c1ccc(O)cc1F)C(F)(F)F. The number of hydrogen-bond acceptors (Lipinski definition) is 5. The normalized spacial score (nSPS) is 15.0. The fourth-order valence-corrected chi connectivity index (χ4v) is 4.06. The van der Waals surface area contributed by atoms with Crippen LogP contribution in [-0.2, 0) is 0 Å². The van der Waals surface area contributed by atoms with Crippen LogP contribution in [-0.4, -0.2) is 39.0 Å². The number of phenolic OH excluding ortho intramolecular Hbond substituents is 1. The van der Waals surface area contributed by atoms with Crippen molar-refractivity contribution in [3.05, 3.63) is 65.6 Å². The van der Waals surface area contributed by atoms with E-state index in [4.69, 9.17) is 0 Å². The smallest absolute Gasteiger partial charge is 0.420 e. The molecule has 1 heterocycles. The zero-order chi connectivity index (χ0) is 22.1. The lowest BCUT2D eigenvalue weighted by molar-refractivity contribution is -0.256. The van der Waals surface area contributed by atoms with Gasteiger partial charge in [0.05, 0.1) is 11.6 Å². The third-order valence-corrected chi connectivity index (χ3v) is 5.53. The van der Waals surface area contributed by atoms with Crippen LogP contribution < -0.4 is 5.32 Å². The number of nitrogens with one attached hydrogen (secondary N) is 1. The van der Waals surface area contributed by atoms with Crippen LogP contribution in [0.5, 0.6) is 5.75 Å². The van der Waals surface area contributed by atoms with E-state index in [2.05, 4.69) is 10.3 Å². The number of rotatable bonds is 6. The molecule has 1 aromatic heterocycles. The minimum absolute atomic E-state index is 0.265. The summed E-state index contributed by atoms with van der Waals surface area (Å²) >= 11 is 0.789. The molecular weight excluding hydrogens is 420 g/mol. The molecule has 0 spiro atoms. The molecule has 0 aliphatic rings. The fraction of sp³-hybridized carbons (Fsp3) is 0.286. The van der Waals surface area contributed by atoms with E-state index in [1.165, 1.54) is 6.26 Å². The standard InChI is InChI=1S/C21H20F4N2O2S/c1-12-6-8-15-17(26-12)4-3-5-18(15)27-19(14-9-7-13(28)10-16(14)22)20(29,11-30-2)21(23,24)25/h3-10,19,27-29H,11H2,1-2H3. The number of alkyl halides is 3. The first-order chi connectivity index (χ1) is 14.1. The molecule has 0 amide bonds. The molecule has 0 aliphatic heterocycles. The van der Waals surface area contributed by atoms with Crippen LogP contribution in [0.1, 0.15) is 17.3 Å². The van der Waals surface area contributed by atoms with Crippen molar-refractivity contribution in [1.29, 1.82) is 0 Å². The highest BCUT2D eigenvalue weighted by molar-refractivity contribution is 7.98. The van der Waals surface area contributed by atoms with Crippen molar-refractivity contribution in [3.8, 4) is 5.75 Å². The number of aromatic hydroxyl groups is 1. The number of fused-ring (bicyclic) bond motifs is 1. The minimum atomic E-state index is -5.06. The maximum absolute atomic E-state index is 14.6. The molecule has 3 aromatic rings. The van der Waals surface area contributed by atoms with Gasteiger partial charge in [-0.25, -0.2) is 4.39 Å². The molecule has 160 valence electrons. The van der Waals surface area contributed by atoms with Gasteiger partial charge in [-0.2, -0.15) is 24.9 Å². The van der Waals surface area contributed by atoms with Crippen LogP contribution in [0.3, 0.4) is 0 Å². The minimum Gasteiger partial charge on any atom is -0.508 e. The molecule has 4 nitrogen and oxygen atoms in total. The molecule has 3 N–H and O–H groups in total. The summed E-state index contributed by atoms with van der Waals surface area (Å²) in [5.41, 5.74) is -2.16. The van der Waals surface area contributed by atoms with Gasteiger partial charge in [0.1, 0.15) is 11.6 Å². The number of aliphatic hydroxyl groups is 1. The van der Waals surface area contributed by atoms with Gasteiger partial charge in [-0.15, -0.1) is 0 Å². The summed E-state index contributed by atoms with van der Waals surface area (Å²) in [6, 6.07) is 9.23. The second-order valence-electron chi connectivity index (χ2n) is 6.96. The number of benzene rings is 2.